The first-order chi connectivity index (χ1) is 8.65. The van der Waals surface area contributed by atoms with E-state index in [9.17, 15) is 4.79 Å². The number of aryl methyl sites for hydroxylation is 1. The molecule has 18 heavy (non-hydrogen) atoms. The molecule has 7 nitrogen and oxygen atoms in total. The van der Waals surface area contributed by atoms with Gasteiger partial charge in [-0.15, -0.1) is 0 Å². The minimum absolute atomic E-state index is 0.231. The lowest BCUT2D eigenvalue weighted by Gasteiger charge is -2.16. The van der Waals surface area contributed by atoms with E-state index in [2.05, 4.69) is 15.5 Å². The van der Waals surface area contributed by atoms with Crippen LogP contribution in [0.5, 0.6) is 5.75 Å². The van der Waals surface area contributed by atoms with Crippen LogP contribution in [0.2, 0.25) is 0 Å². The number of hydrogen-bond acceptors (Lipinski definition) is 5. The lowest BCUT2D eigenvalue weighted by molar-refractivity contribution is 0.0988. The van der Waals surface area contributed by atoms with Gasteiger partial charge in [-0.2, -0.15) is 0 Å². The number of hydrogen-bond donors (Lipinski definition) is 0. The standard InChI is InChI=1S/C11H13N5O2/c1-15(11-12-13-14-16(11)2)10(17)8-6-4-5-7-9(8)18-3/h4-7H,1-3H3. The van der Waals surface area contributed by atoms with Crippen molar-refractivity contribution in [2.75, 3.05) is 19.1 Å². The van der Waals surface area contributed by atoms with Crippen LogP contribution in [0.15, 0.2) is 24.3 Å². The normalized spacial score (nSPS) is 10.2. The molecule has 0 aliphatic rings. The zero-order valence-corrected chi connectivity index (χ0v) is 10.4. The van der Waals surface area contributed by atoms with Gasteiger partial charge in [-0.3, -0.25) is 9.69 Å². The van der Waals surface area contributed by atoms with Crippen LogP contribution in [0, 0.1) is 0 Å². The molecule has 0 aliphatic heterocycles. The topological polar surface area (TPSA) is 73.1 Å². The van der Waals surface area contributed by atoms with Gasteiger partial charge in [0.05, 0.1) is 12.7 Å². The molecule has 2 rings (SSSR count). The van der Waals surface area contributed by atoms with Gasteiger partial charge in [0.1, 0.15) is 5.75 Å². The fourth-order valence-corrected chi connectivity index (χ4v) is 1.60. The molecule has 0 unspecified atom stereocenters. The second-order valence-corrected chi connectivity index (χ2v) is 3.67. The van der Waals surface area contributed by atoms with Gasteiger partial charge >= 0.3 is 0 Å². The van der Waals surface area contributed by atoms with Crippen LogP contribution in [-0.2, 0) is 7.05 Å². The molecule has 0 N–H and O–H groups in total. The zero-order chi connectivity index (χ0) is 13.1. The molecule has 0 saturated heterocycles. The number of anilines is 1. The van der Waals surface area contributed by atoms with Crippen LogP contribution < -0.4 is 9.64 Å². The van der Waals surface area contributed by atoms with Gasteiger partial charge in [-0.1, -0.05) is 17.2 Å². The predicted octanol–water partition coefficient (Wildman–Crippen LogP) is 0.495. The zero-order valence-electron chi connectivity index (χ0n) is 10.4. The number of methoxy groups -OCH3 is 1. The van der Waals surface area contributed by atoms with Crippen molar-refractivity contribution in [1.82, 2.24) is 20.2 Å². The van der Waals surface area contributed by atoms with Crippen molar-refractivity contribution in [3.8, 4) is 5.75 Å². The van der Waals surface area contributed by atoms with Gasteiger partial charge < -0.3 is 4.74 Å². The predicted molar refractivity (Wildman–Crippen MR) is 64.5 cm³/mol. The van der Waals surface area contributed by atoms with E-state index in [0.717, 1.165) is 0 Å². The maximum Gasteiger partial charge on any atom is 0.264 e. The van der Waals surface area contributed by atoms with Crippen LogP contribution in [0.1, 0.15) is 10.4 Å². The highest BCUT2D eigenvalue weighted by atomic mass is 16.5. The summed E-state index contributed by atoms with van der Waals surface area (Å²) in [7, 11) is 4.80. The van der Waals surface area contributed by atoms with E-state index in [1.165, 1.54) is 16.7 Å². The van der Waals surface area contributed by atoms with E-state index in [0.29, 0.717) is 17.3 Å². The number of tetrazole rings is 1. The number of nitrogens with zero attached hydrogens (tertiary/aromatic N) is 5. The van der Waals surface area contributed by atoms with E-state index in [1.54, 1.807) is 38.4 Å². The molecule has 0 aliphatic carbocycles. The number of ether oxygens (including phenoxy) is 1. The van der Waals surface area contributed by atoms with Gasteiger partial charge in [-0.25, -0.2) is 4.68 Å². The van der Waals surface area contributed by atoms with Crippen molar-refractivity contribution in [2.24, 2.45) is 7.05 Å². The molecular formula is C11H13N5O2. The molecule has 0 radical (unpaired) electrons. The number of carbonyl (C=O) groups excluding carboxylic acids is 1. The average molecular weight is 247 g/mol. The highest BCUT2D eigenvalue weighted by Gasteiger charge is 2.20. The number of benzene rings is 1. The summed E-state index contributed by atoms with van der Waals surface area (Å²) in [5, 5.41) is 11.0. The van der Waals surface area contributed by atoms with Crippen LogP contribution >= 0.6 is 0 Å². The second kappa shape index (κ2) is 4.82. The van der Waals surface area contributed by atoms with E-state index < -0.39 is 0 Å². The van der Waals surface area contributed by atoms with Crippen LogP contribution in [0.3, 0.4) is 0 Å². The first kappa shape index (κ1) is 12.0. The van der Waals surface area contributed by atoms with E-state index in [4.69, 9.17) is 4.74 Å². The number of aromatic nitrogens is 4. The maximum atomic E-state index is 12.3. The lowest BCUT2D eigenvalue weighted by atomic mass is 10.2. The fourth-order valence-electron chi connectivity index (χ4n) is 1.60. The Labute approximate surface area is 104 Å². The quantitative estimate of drug-likeness (QED) is 0.789. The summed E-state index contributed by atoms with van der Waals surface area (Å²) in [6.45, 7) is 0. The third kappa shape index (κ3) is 2.02. The SMILES string of the molecule is COc1ccccc1C(=O)N(C)c1nnnn1C. The summed E-state index contributed by atoms with van der Waals surface area (Å²) in [4.78, 5) is 13.7. The molecule has 0 atom stereocenters. The number of amides is 1. The van der Waals surface area contributed by atoms with Crippen LogP contribution in [0.25, 0.3) is 0 Å². The number of carbonyl (C=O) groups is 1. The van der Waals surface area contributed by atoms with Crippen molar-refractivity contribution in [3.63, 3.8) is 0 Å². The fraction of sp³-hybridized carbons (Fsp3) is 0.273. The molecule has 0 spiro atoms. The van der Waals surface area contributed by atoms with Crippen molar-refractivity contribution >= 4 is 11.9 Å². The third-order valence-corrected chi connectivity index (χ3v) is 2.54. The molecule has 1 amide bonds. The van der Waals surface area contributed by atoms with Crippen molar-refractivity contribution in [2.45, 2.75) is 0 Å². The molecule has 0 saturated carbocycles. The number of para-hydroxylation sites is 1. The van der Waals surface area contributed by atoms with Gasteiger partial charge in [0, 0.05) is 14.1 Å². The molecular weight excluding hydrogens is 234 g/mol. The van der Waals surface area contributed by atoms with Crippen LogP contribution in [0.4, 0.5) is 5.95 Å². The monoisotopic (exact) mass is 247 g/mol. The number of rotatable bonds is 3. The van der Waals surface area contributed by atoms with E-state index in [-0.39, 0.29) is 5.91 Å². The van der Waals surface area contributed by atoms with Crippen molar-refractivity contribution < 1.29 is 9.53 Å². The van der Waals surface area contributed by atoms with Crippen LogP contribution in [-0.4, -0.2) is 40.3 Å². The summed E-state index contributed by atoms with van der Waals surface area (Å²) >= 11 is 0. The Kier molecular flexibility index (Phi) is 3.22. The highest BCUT2D eigenvalue weighted by molar-refractivity contribution is 6.06. The van der Waals surface area contributed by atoms with E-state index >= 15 is 0 Å². The molecule has 1 aromatic carbocycles. The summed E-state index contributed by atoms with van der Waals surface area (Å²) in [5.74, 6) is 0.653. The Morgan fingerprint density at radius 3 is 2.72 bits per heavy atom. The highest BCUT2D eigenvalue weighted by Crippen LogP contribution is 2.20. The Bertz CT molecular complexity index is 566. The minimum atomic E-state index is -0.231. The molecule has 0 fully saturated rings. The summed E-state index contributed by atoms with van der Waals surface area (Å²) < 4.78 is 6.58. The Morgan fingerprint density at radius 2 is 2.11 bits per heavy atom. The van der Waals surface area contributed by atoms with Crippen molar-refractivity contribution in [1.29, 1.82) is 0 Å². The molecule has 7 heteroatoms. The van der Waals surface area contributed by atoms with Gasteiger partial charge in [0.25, 0.3) is 11.9 Å². The average Bonchev–Trinajstić information content (AvgIpc) is 2.83. The first-order valence-electron chi connectivity index (χ1n) is 5.28. The summed E-state index contributed by atoms with van der Waals surface area (Å²) in [5.41, 5.74) is 0.463. The Morgan fingerprint density at radius 1 is 1.39 bits per heavy atom. The minimum Gasteiger partial charge on any atom is -0.496 e. The molecule has 0 bridgehead atoms. The molecule has 1 heterocycles. The smallest absolute Gasteiger partial charge is 0.264 e. The van der Waals surface area contributed by atoms with Crippen molar-refractivity contribution in [3.05, 3.63) is 29.8 Å². The lowest BCUT2D eigenvalue weighted by Crippen LogP contribution is -2.29. The van der Waals surface area contributed by atoms with Gasteiger partial charge in [0.15, 0.2) is 0 Å². The van der Waals surface area contributed by atoms with E-state index in [1.807, 2.05) is 0 Å². The third-order valence-electron chi connectivity index (χ3n) is 2.54. The molecule has 1 aromatic heterocycles. The summed E-state index contributed by atoms with van der Waals surface area (Å²) in [6, 6.07) is 7.01. The maximum absolute atomic E-state index is 12.3. The molecule has 94 valence electrons. The largest absolute Gasteiger partial charge is 0.496 e. The molecule has 2 aromatic rings. The first-order valence-corrected chi connectivity index (χ1v) is 5.28. The van der Waals surface area contributed by atoms with Gasteiger partial charge in [0.2, 0.25) is 0 Å². The Balaban J connectivity index is 2.34. The van der Waals surface area contributed by atoms with Gasteiger partial charge in [-0.05, 0) is 22.6 Å². The summed E-state index contributed by atoms with van der Waals surface area (Å²) in [6.07, 6.45) is 0. The Hall–Kier alpha value is -2.44. The second-order valence-electron chi connectivity index (χ2n) is 3.67.